The Kier molecular flexibility index (Phi) is 6.31. The lowest BCUT2D eigenvalue weighted by Crippen LogP contribution is -2.17. The van der Waals surface area contributed by atoms with Crippen LogP contribution in [0.1, 0.15) is 15.9 Å². The van der Waals surface area contributed by atoms with Crippen LogP contribution in [-0.2, 0) is 10.0 Å². The fraction of sp³-hybridized carbons (Fsp3) is 0.0455. The monoisotopic (exact) mass is 408 g/mol. The van der Waals surface area contributed by atoms with Gasteiger partial charge in [-0.3, -0.25) is 9.52 Å². The molecule has 0 spiro atoms. The minimum Gasteiger partial charge on any atom is -0.495 e. The number of para-hydroxylation sites is 3. The molecule has 0 fully saturated rings. The number of carbonyl (C=O) groups excluding carboxylic acids is 1. The van der Waals surface area contributed by atoms with Gasteiger partial charge in [-0.15, -0.1) is 0 Å². The van der Waals surface area contributed by atoms with Crippen LogP contribution in [0.25, 0.3) is 6.08 Å². The molecule has 7 heteroatoms. The summed E-state index contributed by atoms with van der Waals surface area (Å²) >= 11 is 0. The maximum absolute atomic E-state index is 12.7. The van der Waals surface area contributed by atoms with E-state index in [-0.39, 0.29) is 11.3 Å². The van der Waals surface area contributed by atoms with E-state index in [0.29, 0.717) is 11.4 Å². The summed E-state index contributed by atoms with van der Waals surface area (Å²) in [4.78, 5) is 12.7. The first-order valence-electron chi connectivity index (χ1n) is 8.78. The largest absolute Gasteiger partial charge is 0.495 e. The molecule has 0 aliphatic carbocycles. The Labute approximate surface area is 169 Å². The van der Waals surface area contributed by atoms with Gasteiger partial charge in [-0.05, 0) is 35.9 Å². The second kappa shape index (κ2) is 9.07. The maximum Gasteiger partial charge on any atom is 0.257 e. The van der Waals surface area contributed by atoms with Gasteiger partial charge in [0, 0.05) is 0 Å². The average molecular weight is 408 g/mol. The Balaban J connectivity index is 1.81. The number of rotatable bonds is 7. The molecule has 0 bridgehead atoms. The summed E-state index contributed by atoms with van der Waals surface area (Å²) in [5, 5.41) is 3.81. The Morgan fingerprint density at radius 3 is 2.21 bits per heavy atom. The van der Waals surface area contributed by atoms with Crippen LogP contribution in [0.2, 0.25) is 0 Å². The van der Waals surface area contributed by atoms with Gasteiger partial charge in [0.1, 0.15) is 5.75 Å². The third kappa shape index (κ3) is 5.46. The van der Waals surface area contributed by atoms with Crippen LogP contribution in [0, 0.1) is 0 Å². The Bertz CT molecular complexity index is 1130. The van der Waals surface area contributed by atoms with Crippen molar-refractivity contribution >= 4 is 33.4 Å². The molecule has 0 aromatic heterocycles. The first-order chi connectivity index (χ1) is 14.0. The number of benzene rings is 3. The standard InChI is InChI=1S/C22H20N2O4S/c1-28-21-14-8-7-13-20(21)23-22(25)18-11-5-6-12-19(18)24-29(26,27)16-15-17-9-3-2-4-10-17/h2-16,24H,1H3,(H,23,25)/b16-15+. The van der Waals surface area contributed by atoms with E-state index >= 15 is 0 Å². The molecule has 0 radical (unpaired) electrons. The Hall–Kier alpha value is -3.58. The molecule has 6 nitrogen and oxygen atoms in total. The molecule has 0 saturated carbocycles. The van der Waals surface area contributed by atoms with Gasteiger partial charge in [-0.25, -0.2) is 8.42 Å². The quantitative estimate of drug-likeness (QED) is 0.608. The molecular weight excluding hydrogens is 388 g/mol. The molecule has 3 aromatic carbocycles. The van der Waals surface area contributed by atoms with Crippen molar-refractivity contribution in [3.8, 4) is 5.75 Å². The first kappa shape index (κ1) is 20.2. The third-order valence-electron chi connectivity index (χ3n) is 4.02. The predicted molar refractivity (Wildman–Crippen MR) is 115 cm³/mol. The van der Waals surface area contributed by atoms with Gasteiger partial charge in [0.15, 0.2) is 0 Å². The zero-order chi connectivity index (χ0) is 20.7. The van der Waals surface area contributed by atoms with E-state index in [1.807, 2.05) is 18.2 Å². The van der Waals surface area contributed by atoms with Crippen molar-refractivity contribution in [2.45, 2.75) is 0 Å². The second-order valence-corrected chi connectivity index (χ2v) is 7.63. The van der Waals surface area contributed by atoms with E-state index in [0.717, 1.165) is 11.0 Å². The Morgan fingerprint density at radius 1 is 0.862 bits per heavy atom. The lowest BCUT2D eigenvalue weighted by atomic mass is 10.1. The van der Waals surface area contributed by atoms with Gasteiger partial charge in [0.25, 0.3) is 15.9 Å². The topological polar surface area (TPSA) is 84.5 Å². The summed E-state index contributed by atoms with van der Waals surface area (Å²) in [6.45, 7) is 0. The number of ether oxygens (including phenoxy) is 1. The number of sulfonamides is 1. The summed E-state index contributed by atoms with van der Waals surface area (Å²) in [5.41, 5.74) is 1.61. The average Bonchev–Trinajstić information content (AvgIpc) is 2.73. The van der Waals surface area contributed by atoms with Gasteiger partial charge < -0.3 is 10.1 Å². The van der Waals surface area contributed by atoms with Crippen molar-refractivity contribution in [2.24, 2.45) is 0 Å². The number of methoxy groups -OCH3 is 1. The fourth-order valence-electron chi connectivity index (χ4n) is 2.63. The zero-order valence-corrected chi connectivity index (χ0v) is 16.5. The molecule has 29 heavy (non-hydrogen) atoms. The van der Waals surface area contributed by atoms with Crippen LogP contribution in [0.15, 0.2) is 84.3 Å². The van der Waals surface area contributed by atoms with Gasteiger partial charge in [0.2, 0.25) is 0 Å². The van der Waals surface area contributed by atoms with E-state index in [9.17, 15) is 13.2 Å². The van der Waals surface area contributed by atoms with Gasteiger partial charge >= 0.3 is 0 Å². The van der Waals surface area contributed by atoms with Crippen LogP contribution in [-0.4, -0.2) is 21.4 Å². The Morgan fingerprint density at radius 2 is 1.48 bits per heavy atom. The summed E-state index contributed by atoms with van der Waals surface area (Å²) in [7, 11) is -2.30. The van der Waals surface area contributed by atoms with Gasteiger partial charge in [-0.1, -0.05) is 54.6 Å². The van der Waals surface area contributed by atoms with Crippen molar-refractivity contribution in [2.75, 3.05) is 17.1 Å². The minimum absolute atomic E-state index is 0.178. The molecule has 0 aliphatic rings. The molecule has 148 valence electrons. The molecule has 0 aliphatic heterocycles. The molecule has 0 heterocycles. The van der Waals surface area contributed by atoms with Crippen molar-refractivity contribution in [3.05, 3.63) is 95.4 Å². The first-order valence-corrected chi connectivity index (χ1v) is 10.3. The van der Waals surface area contributed by atoms with E-state index in [2.05, 4.69) is 10.0 Å². The summed E-state index contributed by atoms with van der Waals surface area (Å²) in [6, 6.07) is 22.4. The van der Waals surface area contributed by atoms with Gasteiger partial charge in [-0.2, -0.15) is 0 Å². The number of carbonyl (C=O) groups is 1. The molecule has 1 amide bonds. The molecule has 0 saturated heterocycles. The summed E-state index contributed by atoms with van der Waals surface area (Å²) < 4.78 is 32.6. The van der Waals surface area contributed by atoms with E-state index in [4.69, 9.17) is 4.74 Å². The number of hydrogen-bond acceptors (Lipinski definition) is 4. The number of anilines is 2. The molecule has 3 aromatic rings. The normalized spacial score (nSPS) is 11.2. The highest BCUT2D eigenvalue weighted by Gasteiger charge is 2.16. The van der Waals surface area contributed by atoms with Crippen LogP contribution in [0.3, 0.4) is 0 Å². The molecular formula is C22H20N2O4S. The predicted octanol–water partition coefficient (Wildman–Crippen LogP) is 4.36. The van der Waals surface area contributed by atoms with E-state index in [1.165, 1.54) is 19.3 Å². The molecule has 2 N–H and O–H groups in total. The third-order valence-corrected chi connectivity index (χ3v) is 5.02. The molecule has 3 rings (SSSR count). The molecule has 0 atom stereocenters. The van der Waals surface area contributed by atoms with Crippen molar-refractivity contribution < 1.29 is 17.9 Å². The van der Waals surface area contributed by atoms with Crippen molar-refractivity contribution in [1.29, 1.82) is 0 Å². The zero-order valence-electron chi connectivity index (χ0n) is 15.7. The fourth-order valence-corrected chi connectivity index (χ4v) is 3.52. The van der Waals surface area contributed by atoms with Crippen LogP contribution in [0.5, 0.6) is 5.75 Å². The minimum atomic E-state index is -3.81. The number of amides is 1. The molecule has 0 unspecified atom stereocenters. The number of hydrogen-bond donors (Lipinski definition) is 2. The van der Waals surface area contributed by atoms with Crippen LogP contribution < -0.4 is 14.8 Å². The van der Waals surface area contributed by atoms with Crippen molar-refractivity contribution in [3.63, 3.8) is 0 Å². The van der Waals surface area contributed by atoms with Crippen LogP contribution >= 0.6 is 0 Å². The summed E-state index contributed by atoms with van der Waals surface area (Å²) in [5.74, 6) is 0.0459. The highest BCUT2D eigenvalue weighted by Crippen LogP contribution is 2.25. The summed E-state index contributed by atoms with van der Waals surface area (Å²) in [6.07, 6.45) is 1.49. The van der Waals surface area contributed by atoms with Crippen molar-refractivity contribution in [1.82, 2.24) is 0 Å². The van der Waals surface area contributed by atoms with E-state index < -0.39 is 15.9 Å². The maximum atomic E-state index is 12.7. The second-order valence-electron chi connectivity index (χ2n) is 6.06. The number of nitrogens with one attached hydrogen (secondary N) is 2. The van der Waals surface area contributed by atoms with Crippen LogP contribution in [0.4, 0.5) is 11.4 Å². The lowest BCUT2D eigenvalue weighted by molar-refractivity contribution is 0.102. The lowest BCUT2D eigenvalue weighted by Gasteiger charge is -2.13. The SMILES string of the molecule is COc1ccccc1NC(=O)c1ccccc1NS(=O)(=O)/C=C/c1ccccc1. The van der Waals surface area contributed by atoms with E-state index in [1.54, 1.807) is 54.6 Å². The smallest absolute Gasteiger partial charge is 0.257 e. The highest BCUT2D eigenvalue weighted by atomic mass is 32.2. The van der Waals surface area contributed by atoms with Gasteiger partial charge in [0.05, 0.1) is 29.5 Å². The highest BCUT2D eigenvalue weighted by molar-refractivity contribution is 7.95.